The van der Waals surface area contributed by atoms with Crippen molar-refractivity contribution in [2.45, 2.75) is 51.7 Å². The van der Waals surface area contributed by atoms with E-state index in [9.17, 15) is 5.26 Å². The Hall–Kier alpha value is -0.630. The summed E-state index contributed by atoms with van der Waals surface area (Å²) in [5, 5.41) is 12.7. The number of hydrogen-bond acceptors (Lipinski definition) is 4. The van der Waals surface area contributed by atoms with Crippen LogP contribution in [0.15, 0.2) is 0 Å². The molecule has 18 heavy (non-hydrogen) atoms. The maximum absolute atomic E-state index is 9.38. The van der Waals surface area contributed by atoms with E-state index in [4.69, 9.17) is 0 Å². The summed E-state index contributed by atoms with van der Waals surface area (Å²) >= 11 is 0. The second-order valence-corrected chi connectivity index (χ2v) is 5.93. The minimum absolute atomic E-state index is 0.425. The van der Waals surface area contributed by atoms with Crippen molar-refractivity contribution in [3.63, 3.8) is 0 Å². The van der Waals surface area contributed by atoms with Gasteiger partial charge in [0.1, 0.15) is 5.54 Å². The van der Waals surface area contributed by atoms with Gasteiger partial charge in [-0.25, -0.2) is 0 Å². The molecule has 0 saturated carbocycles. The van der Waals surface area contributed by atoms with Crippen LogP contribution in [-0.2, 0) is 0 Å². The van der Waals surface area contributed by atoms with Crippen molar-refractivity contribution in [1.82, 2.24) is 15.1 Å². The zero-order valence-electron chi connectivity index (χ0n) is 12.5. The van der Waals surface area contributed by atoms with Crippen molar-refractivity contribution in [3.05, 3.63) is 0 Å². The minimum atomic E-state index is -0.425. The van der Waals surface area contributed by atoms with E-state index >= 15 is 0 Å². The molecule has 4 nitrogen and oxygen atoms in total. The van der Waals surface area contributed by atoms with E-state index in [2.05, 4.69) is 49.0 Å². The highest BCUT2D eigenvalue weighted by atomic mass is 15.3. The van der Waals surface area contributed by atoms with Gasteiger partial charge in [0.05, 0.1) is 6.07 Å². The molecule has 3 unspecified atom stereocenters. The Balaban J connectivity index is 2.58. The normalized spacial score (nSPS) is 29.8. The lowest BCUT2D eigenvalue weighted by atomic mass is 10.0. The van der Waals surface area contributed by atoms with Gasteiger partial charge in [0.15, 0.2) is 0 Å². The van der Waals surface area contributed by atoms with Gasteiger partial charge in [0.25, 0.3) is 0 Å². The zero-order chi connectivity index (χ0) is 13.8. The fraction of sp³-hybridized carbons (Fsp3) is 0.929. The number of nitrogens with one attached hydrogen (secondary N) is 1. The number of hydrogen-bond donors (Lipinski definition) is 1. The molecule has 1 fully saturated rings. The minimum Gasteiger partial charge on any atom is -0.299 e. The summed E-state index contributed by atoms with van der Waals surface area (Å²) in [5.74, 6) is 0. The van der Waals surface area contributed by atoms with Crippen LogP contribution in [0.2, 0.25) is 0 Å². The molecule has 4 heteroatoms. The third-order valence-electron chi connectivity index (χ3n) is 3.99. The zero-order valence-corrected chi connectivity index (χ0v) is 12.5. The molecule has 104 valence electrons. The molecule has 0 aromatic heterocycles. The van der Waals surface area contributed by atoms with Crippen molar-refractivity contribution < 1.29 is 0 Å². The Morgan fingerprint density at radius 3 is 2.33 bits per heavy atom. The molecule has 0 spiro atoms. The molecule has 0 amide bonds. The largest absolute Gasteiger partial charge is 0.299 e. The second-order valence-electron chi connectivity index (χ2n) is 5.93. The van der Waals surface area contributed by atoms with Crippen LogP contribution in [0.1, 0.15) is 34.1 Å². The number of rotatable bonds is 5. The number of piperazine rings is 1. The first-order chi connectivity index (χ1) is 8.41. The van der Waals surface area contributed by atoms with Crippen molar-refractivity contribution in [2.75, 3.05) is 33.2 Å². The van der Waals surface area contributed by atoms with Crippen LogP contribution in [0.4, 0.5) is 0 Å². The Bertz CT molecular complexity index is 287. The van der Waals surface area contributed by atoms with Gasteiger partial charge in [0, 0.05) is 31.7 Å². The van der Waals surface area contributed by atoms with E-state index in [1.807, 2.05) is 6.92 Å². The second kappa shape index (κ2) is 6.51. The van der Waals surface area contributed by atoms with Crippen LogP contribution in [0, 0.1) is 11.3 Å². The molecular formula is C14H28N4. The van der Waals surface area contributed by atoms with Crippen LogP contribution in [0.25, 0.3) is 0 Å². The highest BCUT2D eigenvalue weighted by Crippen LogP contribution is 2.16. The summed E-state index contributed by atoms with van der Waals surface area (Å²) in [6, 6.07) is 3.55. The Morgan fingerprint density at radius 1 is 1.33 bits per heavy atom. The van der Waals surface area contributed by atoms with Crippen molar-refractivity contribution >= 4 is 0 Å². The molecule has 1 heterocycles. The molecule has 1 aliphatic heterocycles. The Kier molecular flexibility index (Phi) is 5.58. The topological polar surface area (TPSA) is 42.3 Å². The molecule has 0 aromatic carbocycles. The third kappa shape index (κ3) is 3.94. The van der Waals surface area contributed by atoms with Gasteiger partial charge in [-0.3, -0.25) is 15.1 Å². The molecule has 3 atom stereocenters. The van der Waals surface area contributed by atoms with Crippen molar-refractivity contribution in [1.29, 1.82) is 5.26 Å². The third-order valence-corrected chi connectivity index (χ3v) is 3.99. The quantitative estimate of drug-likeness (QED) is 0.801. The van der Waals surface area contributed by atoms with E-state index in [1.165, 1.54) is 0 Å². The molecule has 1 saturated heterocycles. The van der Waals surface area contributed by atoms with Gasteiger partial charge in [0.2, 0.25) is 0 Å². The van der Waals surface area contributed by atoms with E-state index in [1.54, 1.807) is 0 Å². The van der Waals surface area contributed by atoms with Gasteiger partial charge in [-0.15, -0.1) is 0 Å². The predicted octanol–water partition coefficient (Wildman–Crippen LogP) is 1.29. The van der Waals surface area contributed by atoms with E-state index in [0.717, 1.165) is 32.6 Å². The first-order valence-electron chi connectivity index (χ1n) is 7.02. The lowest BCUT2D eigenvalue weighted by Gasteiger charge is -2.44. The van der Waals surface area contributed by atoms with Crippen LogP contribution >= 0.6 is 0 Å². The van der Waals surface area contributed by atoms with Gasteiger partial charge in [-0.2, -0.15) is 5.26 Å². The SMILES string of the molecule is CCCNC(C)(C#N)CN1CC(C)N(C)C(C)C1. The standard InChI is InChI=1S/C14H28N4/c1-6-7-16-14(4,10-15)11-18-8-12(2)17(5)13(3)9-18/h12-13,16H,6-9,11H2,1-5H3. The van der Waals surface area contributed by atoms with Crippen LogP contribution in [0.5, 0.6) is 0 Å². The van der Waals surface area contributed by atoms with Gasteiger partial charge >= 0.3 is 0 Å². The summed E-state index contributed by atoms with van der Waals surface area (Å²) in [6.45, 7) is 12.5. The molecule has 1 N–H and O–H groups in total. The van der Waals surface area contributed by atoms with Gasteiger partial charge < -0.3 is 0 Å². The van der Waals surface area contributed by atoms with Crippen LogP contribution in [-0.4, -0.2) is 60.6 Å². The first-order valence-corrected chi connectivity index (χ1v) is 7.02. The summed E-state index contributed by atoms with van der Waals surface area (Å²) < 4.78 is 0. The summed E-state index contributed by atoms with van der Waals surface area (Å²) in [5.41, 5.74) is -0.425. The molecule has 1 rings (SSSR count). The molecular weight excluding hydrogens is 224 g/mol. The monoisotopic (exact) mass is 252 g/mol. The van der Waals surface area contributed by atoms with Gasteiger partial charge in [-0.05, 0) is 40.8 Å². The predicted molar refractivity (Wildman–Crippen MR) is 75.4 cm³/mol. The van der Waals surface area contributed by atoms with Crippen LogP contribution < -0.4 is 5.32 Å². The Labute approximate surface area is 112 Å². The van der Waals surface area contributed by atoms with Crippen molar-refractivity contribution in [3.8, 4) is 6.07 Å². The van der Waals surface area contributed by atoms with E-state index < -0.39 is 5.54 Å². The number of nitriles is 1. The maximum atomic E-state index is 9.38. The number of nitrogens with zero attached hydrogens (tertiary/aromatic N) is 3. The molecule has 1 aliphatic rings. The fourth-order valence-electron chi connectivity index (χ4n) is 2.62. The lowest BCUT2D eigenvalue weighted by molar-refractivity contribution is 0.0497. The average Bonchev–Trinajstić information content (AvgIpc) is 2.33. The average molecular weight is 252 g/mol. The highest BCUT2D eigenvalue weighted by Gasteiger charge is 2.32. The summed E-state index contributed by atoms with van der Waals surface area (Å²) in [6.07, 6.45) is 1.06. The van der Waals surface area contributed by atoms with E-state index in [-0.39, 0.29) is 0 Å². The molecule has 0 aromatic rings. The number of likely N-dealkylation sites (N-methyl/N-ethyl adjacent to an activating group) is 1. The fourth-order valence-corrected chi connectivity index (χ4v) is 2.62. The smallest absolute Gasteiger partial charge is 0.116 e. The summed E-state index contributed by atoms with van der Waals surface area (Å²) in [4.78, 5) is 4.83. The van der Waals surface area contributed by atoms with Crippen LogP contribution in [0.3, 0.4) is 0 Å². The highest BCUT2D eigenvalue weighted by molar-refractivity contribution is 5.06. The van der Waals surface area contributed by atoms with Gasteiger partial charge in [-0.1, -0.05) is 6.92 Å². The molecule has 0 radical (unpaired) electrons. The lowest BCUT2D eigenvalue weighted by Crippen LogP contribution is -2.59. The maximum Gasteiger partial charge on any atom is 0.116 e. The Morgan fingerprint density at radius 2 is 1.89 bits per heavy atom. The van der Waals surface area contributed by atoms with Crippen molar-refractivity contribution in [2.24, 2.45) is 0 Å². The molecule has 0 bridgehead atoms. The van der Waals surface area contributed by atoms with E-state index in [0.29, 0.717) is 12.1 Å². The summed E-state index contributed by atoms with van der Waals surface area (Å²) in [7, 11) is 2.19. The first kappa shape index (κ1) is 15.4. The molecule has 0 aliphatic carbocycles.